The molecule has 1 unspecified atom stereocenters. The van der Waals surface area contributed by atoms with E-state index in [-0.39, 0.29) is 5.43 Å². The Labute approximate surface area is 276 Å². The van der Waals surface area contributed by atoms with Crippen LogP contribution in [0.15, 0.2) is 169 Å². The molecule has 0 aliphatic heterocycles. The van der Waals surface area contributed by atoms with E-state index in [1.165, 1.54) is 44.5 Å². The minimum atomic E-state index is -0.566. The van der Waals surface area contributed by atoms with Gasteiger partial charge in [0.25, 0.3) is 0 Å². The lowest BCUT2D eigenvalue weighted by Gasteiger charge is -2.32. The van der Waals surface area contributed by atoms with Gasteiger partial charge in [0, 0.05) is 37.1 Å². The largest absolute Gasteiger partial charge is 0.310 e. The Bertz CT molecular complexity index is 2570. The molecule has 1 atom stereocenters. The molecule has 2 aliphatic carbocycles. The van der Waals surface area contributed by atoms with Crippen LogP contribution in [0.5, 0.6) is 0 Å². The van der Waals surface area contributed by atoms with E-state index in [4.69, 9.17) is 0 Å². The molecule has 47 heavy (non-hydrogen) atoms. The molecule has 0 fully saturated rings. The maximum atomic E-state index is 14.1. The highest BCUT2D eigenvalue weighted by Gasteiger charge is 2.52. The first-order chi connectivity index (χ1) is 23.2. The number of hydrogen-bond donors (Lipinski definition) is 0. The van der Waals surface area contributed by atoms with Crippen molar-refractivity contribution in [1.29, 1.82) is 0 Å². The lowest BCUT2D eigenvalue weighted by molar-refractivity contribution is 0.795. The molecule has 1 heterocycles. The van der Waals surface area contributed by atoms with Gasteiger partial charge in [-0.2, -0.15) is 0 Å². The summed E-state index contributed by atoms with van der Waals surface area (Å²) in [4.78, 5) is 16.5. The summed E-state index contributed by atoms with van der Waals surface area (Å²) in [6.07, 6.45) is 0. The van der Waals surface area contributed by atoms with Gasteiger partial charge in [0.2, 0.25) is 0 Å². The van der Waals surface area contributed by atoms with Gasteiger partial charge in [-0.15, -0.1) is 11.3 Å². The van der Waals surface area contributed by atoms with E-state index in [0.717, 1.165) is 37.2 Å². The van der Waals surface area contributed by atoms with Crippen molar-refractivity contribution in [2.75, 3.05) is 4.90 Å². The average molecular weight is 618 g/mol. The van der Waals surface area contributed by atoms with Crippen molar-refractivity contribution in [2.24, 2.45) is 0 Å². The quantitative estimate of drug-likeness (QED) is 0.184. The highest BCUT2D eigenvalue weighted by atomic mass is 32.1. The number of anilines is 3. The third-order valence-corrected chi connectivity index (χ3v) is 11.2. The van der Waals surface area contributed by atoms with E-state index in [9.17, 15) is 4.79 Å². The lowest BCUT2D eigenvalue weighted by Crippen LogP contribution is -2.26. The molecular weight excluding hydrogens is 591 g/mol. The zero-order chi connectivity index (χ0) is 31.1. The van der Waals surface area contributed by atoms with Crippen LogP contribution in [0.2, 0.25) is 0 Å². The summed E-state index contributed by atoms with van der Waals surface area (Å²) in [5, 5.41) is 1.57. The van der Waals surface area contributed by atoms with E-state index >= 15 is 0 Å². The van der Waals surface area contributed by atoms with Gasteiger partial charge in [0.1, 0.15) is 0 Å². The molecule has 0 saturated carbocycles. The van der Waals surface area contributed by atoms with Crippen LogP contribution in [0.4, 0.5) is 17.1 Å². The van der Waals surface area contributed by atoms with E-state index in [0.29, 0.717) is 0 Å². The number of benzene rings is 7. The van der Waals surface area contributed by atoms with Crippen molar-refractivity contribution in [2.45, 2.75) is 5.41 Å². The summed E-state index contributed by atoms with van der Waals surface area (Å²) >= 11 is 1.70. The van der Waals surface area contributed by atoms with Gasteiger partial charge in [0.15, 0.2) is 5.43 Å². The number of fused-ring (bicyclic) bond motifs is 12. The fraction of sp³-hybridized carbons (Fsp3) is 0.0227. The Morgan fingerprint density at radius 2 is 1.04 bits per heavy atom. The third kappa shape index (κ3) is 3.52. The van der Waals surface area contributed by atoms with Crippen molar-refractivity contribution in [3.8, 4) is 22.3 Å². The smallest absolute Gasteiger partial charge is 0.195 e. The molecule has 10 rings (SSSR count). The fourth-order valence-electron chi connectivity index (χ4n) is 8.23. The molecular formula is C44H27NOS. The van der Waals surface area contributed by atoms with Gasteiger partial charge in [-0.3, -0.25) is 4.79 Å². The predicted octanol–water partition coefficient (Wildman–Crippen LogP) is 11.2. The Kier molecular flexibility index (Phi) is 5.55. The molecule has 220 valence electrons. The standard InChI is InChI=1S/C44H27NOS/c46-43-32-20-9-12-25-40(32)47-41-27-33-30-18-7-10-21-35(30)44(38(33)26-34(41)43)36-22-11-8-19-31(36)42-37(44)23-13-24-39(42)45(28-14-3-1-4-15-28)29-16-5-2-6-17-29/h1-27H. The summed E-state index contributed by atoms with van der Waals surface area (Å²) in [7, 11) is 0. The number of para-hydroxylation sites is 2. The van der Waals surface area contributed by atoms with E-state index in [2.05, 4.69) is 150 Å². The number of hydrogen-bond acceptors (Lipinski definition) is 3. The zero-order valence-electron chi connectivity index (χ0n) is 25.4. The minimum Gasteiger partial charge on any atom is -0.310 e. The predicted molar refractivity (Wildman–Crippen MR) is 197 cm³/mol. The summed E-state index contributed by atoms with van der Waals surface area (Å²) in [5.74, 6) is 0. The van der Waals surface area contributed by atoms with Gasteiger partial charge in [-0.1, -0.05) is 109 Å². The first-order valence-corrected chi connectivity index (χ1v) is 16.8. The molecule has 2 aliphatic rings. The molecule has 0 bridgehead atoms. The SMILES string of the molecule is O=c1c2ccccc2sc2cc3c(cc12)C1(c2ccccc2-3)c2ccccc2-c2c(N(c3ccccc3)c3ccccc3)cccc21. The Morgan fingerprint density at radius 3 is 1.79 bits per heavy atom. The highest BCUT2D eigenvalue weighted by Crippen LogP contribution is 2.65. The van der Waals surface area contributed by atoms with Crippen molar-refractivity contribution < 1.29 is 0 Å². The molecule has 8 aromatic rings. The molecule has 3 heteroatoms. The van der Waals surface area contributed by atoms with E-state index in [1.54, 1.807) is 11.3 Å². The van der Waals surface area contributed by atoms with Crippen molar-refractivity contribution in [1.82, 2.24) is 0 Å². The second-order valence-electron chi connectivity index (χ2n) is 12.4. The van der Waals surface area contributed by atoms with Gasteiger partial charge in [-0.25, -0.2) is 0 Å². The fourth-order valence-corrected chi connectivity index (χ4v) is 9.32. The monoisotopic (exact) mass is 617 g/mol. The summed E-state index contributed by atoms with van der Waals surface area (Å²) in [5.41, 5.74) is 12.7. The summed E-state index contributed by atoms with van der Waals surface area (Å²) in [6, 6.07) is 58.2. The molecule has 1 spiro atoms. The summed E-state index contributed by atoms with van der Waals surface area (Å²) in [6.45, 7) is 0. The molecule has 0 saturated heterocycles. The van der Waals surface area contributed by atoms with Crippen molar-refractivity contribution in [3.05, 3.63) is 196 Å². The molecule has 0 N–H and O–H groups in total. The Morgan fingerprint density at radius 1 is 0.447 bits per heavy atom. The summed E-state index contributed by atoms with van der Waals surface area (Å²) < 4.78 is 2.05. The van der Waals surface area contributed by atoms with Gasteiger partial charge < -0.3 is 4.90 Å². The molecule has 2 nitrogen and oxygen atoms in total. The average Bonchev–Trinajstić information content (AvgIpc) is 3.59. The van der Waals surface area contributed by atoms with Crippen molar-refractivity contribution >= 4 is 48.6 Å². The highest BCUT2D eigenvalue weighted by molar-refractivity contribution is 7.24. The topological polar surface area (TPSA) is 20.3 Å². The first-order valence-electron chi connectivity index (χ1n) is 16.0. The van der Waals surface area contributed by atoms with Gasteiger partial charge in [0.05, 0.1) is 11.1 Å². The molecule has 1 aromatic heterocycles. The van der Waals surface area contributed by atoms with Crippen LogP contribution in [0.3, 0.4) is 0 Å². The molecule has 0 amide bonds. The molecule has 7 aromatic carbocycles. The van der Waals surface area contributed by atoms with Crippen LogP contribution < -0.4 is 10.3 Å². The van der Waals surface area contributed by atoms with E-state index < -0.39 is 5.41 Å². The van der Waals surface area contributed by atoms with Crippen LogP contribution in [0.1, 0.15) is 22.3 Å². The Hall–Kier alpha value is -5.77. The van der Waals surface area contributed by atoms with Crippen LogP contribution >= 0.6 is 11.3 Å². The van der Waals surface area contributed by atoms with Crippen LogP contribution in [-0.4, -0.2) is 0 Å². The number of nitrogens with zero attached hydrogens (tertiary/aromatic N) is 1. The zero-order valence-corrected chi connectivity index (χ0v) is 26.2. The minimum absolute atomic E-state index is 0.0999. The lowest BCUT2D eigenvalue weighted by atomic mass is 9.70. The van der Waals surface area contributed by atoms with Crippen LogP contribution in [0.25, 0.3) is 42.4 Å². The number of rotatable bonds is 3. The van der Waals surface area contributed by atoms with Gasteiger partial charge in [-0.05, 0) is 93.5 Å². The maximum Gasteiger partial charge on any atom is 0.195 e. The van der Waals surface area contributed by atoms with Crippen LogP contribution in [-0.2, 0) is 5.41 Å². The third-order valence-electron chi connectivity index (χ3n) is 10.1. The maximum absolute atomic E-state index is 14.1. The Balaban J connectivity index is 1.34. The second-order valence-corrected chi connectivity index (χ2v) is 13.5. The van der Waals surface area contributed by atoms with Crippen molar-refractivity contribution in [3.63, 3.8) is 0 Å². The van der Waals surface area contributed by atoms with Gasteiger partial charge >= 0.3 is 0 Å². The van der Waals surface area contributed by atoms with Crippen LogP contribution in [0, 0.1) is 0 Å². The second kappa shape index (κ2) is 9.86. The molecule has 0 radical (unpaired) electrons. The van der Waals surface area contributed by atoms with E-state index in [1.807, 2.05) is 18.2 Å². The first kappa shape index (κ1) is 26.4. The normalized spacial score (nSPS) is 15.4.